The highest BCUT2D eigenvalue weighted by Crippen LogP contribution is 2.24. The fraction of sp³-hybridized carbons (Fsp3) is 0.100. The van der Waals surface area contributed by atoms with Crippen molar-refractivity contribution in [2.24, 2.45) is 0 Å². The second kappa shape index (κ2) is 3.72. The molecule has 2 aromatic rings. The number of nitrogens with zero attached hydrogens (tertiary/aromatic N) is 1. The standard InChI is InChI=1S/C10H10ClN3/c1-7-2-3-9(8(11)6-7)14-10-12-4-5-13-10/h2-6H,1H3,(H2,12,13,14). The maximum Gasteiger partial charge on any atom is 0.204 e. The lowest BCUT2D eigenvalue weighted by Crippen LogP contribution is -1.93. The van der Waals surface area contributed by atoms with Crippen LogP contribution >= 0.6 is 11.6 Å². The molecule has 1 heterocycles. The number of halogens is 1. The summed E-state index contributed by atoms with van der Waals surface area (Å²) < 4.78 is 0. The number of imidazole rings is 1. The summed E-state index contributed by atoms with van der Waals surface area (Å²) in [6.07, 6.45) is 3.44. The molecule has 0 unspecified atom stereocenters. The molecule has 0 saturated heterocycles. The van der Waals surface area contributed by atoms with Crippen molar-refractivity contribution in [1.29, 1.82) is 0 Å². The van der Waals surface area contributed by atoms with Crippen LogP contribution in [0.3, 0.4) is 0 Å². The van der Waals surface area contributed by atoms with Crippen LogP contribution in [-0.4, -0.2) is 9.97 Å². The summed E-state index contributed by atoms with van der Waals surface area (Å²) in [7, 11) is 0. The molecule has 1 aromatic carbocycles. The Morgan fingerprint density at radius 1 is 1.43 bits per heavy atom. The molecular weight excluding hydrogens is 198 g/mol. The molecule has 0 saturated carbocycles. The highest BCUT2D eigenvalue weighted by Gasteiger charge is 2.01. The minimum absolute atomic E-state index is 0.691. The third-order valence-electron chi connectivity index (χ3n) is 1.88. The van der Waals surface area contributed by atoms with E-state index in [1.165, 1.54) is 0 Å². The largest absolute Gasteiger partial charge is 0.331 e. The minimum atomic E-state index is 0.691. The van der Waals surface area contributed by atoms with Crippen molar-refractivity contribution in [2.45, 2.75) is 6.92 Å². The van der Waals surface area contributed by atoms with E-state index in [1.807, 2.05) is 25.1 Å². The first-order valence-corrected chi connectivity index (χ1v) is 4.66. The number of hydrogen-bond donors (Lipinski definition) is 2. The molecule has 0 bridgehead atoms. The topological polar surface area (TPSA) is 40.7 Å². The Bertz CT molecular complexity index is 423. The number of nitrogens with one attached hydrogen (secondary N) is 2. The normalized spacial score (nSPS) is 10.1. The zero-order valence-corrected chi connectivity index (χ0v) is 8.47. The van der Waals surface area contributed by atoms with Crippen molar-refractivity contribution in [1.82, 2.24) is 9.97 Å². The zero-order chi connectivity index (χ0) is 9.97. The summed E-state index contributed by atoms with van der Waals surface area (Å²) >= 11 is 6.04. The summed E-state index contributed by atoms with van der Waals surface area (Å²) in [5.74, 6) is 0.691. The quantitative estimate of drug-likeness (QED) is 0.795. The summed E-state index contributed by atoms with van der Waals surface area (Å²) in [4.78, 5) is 7.00. The molecule has 0 radical (unpaired) electrons. The van der Waals surface area contributed by atoms with E-state index in [4.69, 9.17) is 11.6 Å². The minimum Gasteiger partial charge on any atom is -0.331 e. The second-order valence-electron chi connectivity index (χ2n) is 3.05. The van der Waals surface area contributed by atoms with Gasteiger partial charge in [0.25, 0.3) is 0 Å². The fourth-order valence-electron chi connectivity index (χ4n) is 1.18. The number of rotatable bonds is 2. The molecule has 72 valence electrons. The highest BCUT2D eigenvalue weighted by atomic mass is 35.5. The molecule has 0 fully saturated rings. The van der Waals surface area contributed by atoms with Crippen molar-refractivity contribution < 1.29 is 0 Å². The average molecular weight is 208 g/mol. The Kier molecular flexibility index (Phi) is 2.41. The number of hydrogen-bond acceptors (Lipinski definition) is 2. The summed E-state index contributed by atoms with van der Waals surface area (Å²) in [5.41, 5.74) is 1.99. The lowest BCUT2D eigenvalue weighted by Gasteiger charge is -2.05. The predicted octanol–water partition coefficient (Wildman–Crippen LogP) is 3.12. The molecule has 1 aromatic heterocycles. The van der Waals surface area contributed by atoms with Crippen LogP contribution in [0.4, 0.5) is 11.6 Å². The number of aromatic nitrogens is 2. The number of aryl methyl sites for hydroxylation is 1. The molecule has 2 rings (SSSR count). The van der Waals surface area contributed by atoms with Gasteiger partial charge in [0, 0.05) is 12.4 Å². The van der Waals surface area contributed by atoms with Crippen molar-refractivity contribution in [3.8, 4) is 0 Å². The van der Waals surface area contributed by atoms with Gasteiger partial charge in [0.05, 0.1) is 10.7 Å². The van der Waals surface area contributed by atoms with Crippen LogP contribution in [0.25, 0.3) is 0 Å². The van der Waals surface area contributed by atoms with Gasteiger partial charge >= 0.3 is 0 Å². The number of benzene rings is 1. The van der Waals surface area contributed by atoms with Crippen molar-refractivity contribution in [3.63, 3.8) is 0 Å². The van der Waals surface area contributed by atoms with E-state index in [2.05, 4.69) is 15.3 Å². The second-order valence-corrected chi connectivity index (χ2v) is 3.45. The SMILES string of the molecule is Cc1ccc(Nc2ncc[nH]2)c(Cl)c1. The number of anilines is 2. The maximum atomic E-state index is 6.04. The van der Waals surface area contributed by atoms with Crippen molar-refractivity contribution >= 4 is 23.2 Å². The molecule has 3 nitrogen and oxygen atoms in total. The van der Waals surface area contributed by atoms with Gasteiger partial charge in [0.2, 0.25) is 5.95 Å². The molecular formula is C10H10ClN3. The van der Waals surface area contributed by atoms with Crippen LogP contribution in [0, 0.1) is 6.92 Å². The van der Waals surface area contributed by atoms with Crippen LogP contribution in [0.1, 0.15) is 5.56 Å². The van der Waals surface area contributed by atoms with Gasteiger partial charge in [-0.05, 0) is 24.6 Å². The van der Waals surface area contributed by atoms with Gasteiger partial charge in [-0.1, -0.05) is 17.7 Å². The van der Waals surface area contributed by atoms with E-state index >= 15 is 0 Å². The van der Waals surface area contributed by atoms with E-state index in [0.717, 1.165) is 11.3 Å². The summed E-state index contributed by atoms with van der Waals surface area (Å²) in [6, 6.07) is 5.84. The third-order valence-corrected chi connectivity index (χ3v) is 2.19. The Morgan fingerprint density at radius 2 is 2.29 bits per heavy atom. The zero-order valence-electron chi connectivity index (χ0n) is 7.71. The average Bonchev–Trinajstić information content (AvgIpc) is 2.62. The molecule has 0 aliphatic heterocycles. The van der Waals surface area contributed by atoms with Gasteiger partial charge in [-0.25, -0.2) is 4.98 Å². The van der Waals surface area contributed by atoms with Gasteiger partial charge in [0.1, 0.15) is 0 Å². The summed E-state index contributed by atoms with van der Waals surface area (Å²) in [6.45, 7) is 2.00. The third kappa shape index (κ3) is 1.88. The van der Waals surface area contributed by atoms with Crippen LogP contribution in [-0.2, 0) is 0 Å². The van der Waals surface area contributed by atoms with E-state index < -0.39 is 0 Å². The van der Waals surface area contributed by atoms with Gasteiger partial charge in [-0.3, -0.25) is 0 Å². The Morgan fingerprint density at radius 3 is 2.93 bits per heavy atom. The first-order chi connectivity index (χ1) is 6.75. The Labute approximate surface area is 87.1 Å². The highest BCUT2D eigenvalue weighted by molar-refractivity contribution is 6.33. The molecule has 14 heavy (non-hydrogen) atoms. The molecule has 0 atom stereocenters. The van der Waals surface area contributed by atoms with Gasteiger partial charge in [0.15, 0.2) is 0 Å². The predicted molar refractivity (Wildman–Crippen MR) is 58.1 cm³/mol. The summed E-state index contributed by atoms with van der Waals surface area (Å²) in [5, 5.41) is 3.78. The maximum absolute atomic E-state index is 6.04. The van der Waals surface area contributed by atoms with Crippen molar-refractivity contribution in [2.75, 3.05) is 5.32 Å². The first-order valence-electron chi connectivity index (χ1n) is 4.28. The molecule has 0 aliphatic carbocycles. The lowest BCUT2D eigenvalue weighted by molar-refractivity contribution is 1.28. The van der Waals surface area contributed by atoms with E-state index in [-0.39, 0.29) is 0 Å². The molecule has 0 aliphatic rings. The Balaban J connectivity index is 2.25. The fourth-order valence-corrected chi connectivity index (χ4v) is 1.47. The molecule has 0 spiro atoms. The monoisotopic (exact) mass is 207 g/mol. The van der Waals surface area contributed by atoms with Gasteiger partial charge in [-0.2, -0.15) is 0 Å². The smallest absolute Gasteiger partial charge is 0.204 e. The van der Waals surface area contributed by atoms with Crippen LogP contribution in [0.15, 0.2) is 30.6 Å². The Hall–Kier alpha value is -1.48. The molecule has 2 N–H and O–H groups in total. The van der Waals surface area contributed by atoms with Crippen LogP contribution < -0.4 is 5.32 Å². The van der Waals surface area contributed by atoms with E-state index in [0.29, 0.717) is 11.0 Å². The first kappa shape index (κ1) is 9.09. The van der Waals surface area contributed by atoms with Gasteiger partial charge in [-0.15, -0.1) is 0 Å². The van der Waals surface area contributed by atoms with Crippen LogP contribution in [0.2, 0.25) is 5.02 Å². The molecule has 0 amide bonds. The van der Waals surface area contributed by atoms with E-state index in [9.17, 15) is 0 Å². The van der Waals surface area contributed by atoms with E-state index in [1.54, 1.807) is 12.4 Å². The lowest BCUT2D eigenvalue weighted by atomic mass is 10.2. The number of aromatic amines is 1. The number of H-pyrrole nitrogens is 1. The van der Waals surface area contributed by atoms with Crippen molar-refractivity contribution in [3.05, 3.63) is 41.2 Å². The van der Waals surface area contributed by atoms with Crippen LogP contribution in [0.5, 0.6) is 0 Å². The van der Waals surface area contributed by atoms with Gasteiger partial charge < -0.3 is 10.3 Å². The molecule has 4 heteroatoms.